The van der Waals surface area contributed by atoms with Crippen LogP contribution in [0.3, 0.4) is 0 Å². The number of rotatable bonds is 5. The monoisotopic (exact) mass is 401 g/mol. The minimum atomic E-state index is -0.213. The third-order valence-electron chi connectivity index (χ3n) is 4.42. The molecule has 1 fully saturated rings. The van der Waals surface area contributed by atoms with Crippen LogP contribution in [0.4, 0.5) is 5.69 Å². The van der Waals surface area contributed by atoms with Crippen molar-refractivity contribution in [3.63, 3.8) is 0 Å². The van der Waals surface area contributed by atoms with Gasteiger partial charge in [-0.1, -0.05) is 11.6 Å². The molecule has 2 aromatic carbocycles. The number of amides is 3. The second-order valence-electron chi connectivity index (χ2n) is 6.43. The van der Waals surface area contributed by atoms with Crippen molar-refractivity contribution in [3.05, 3.63) is 58.6 Å². The largest absolute Gasteiger partial charge is 0.496 e. The highest BCUT2D eigenvalue weighted by atomic mass is 35.5. The van der Waals surface area contributed by atoms with Gasteiger partial charge in [-0.3, -0.25) is 19.8 Å². The van der Waals surface area contributed by atoms with Gasteiger partial charge in [0.25, 0.3) is 5.91 Å². The second kappa shape index (κ2) is 8.31. The van der Waals surface area contributed by atoms with Crippen molar-refractivity contribution >= 4 is 35.0 Å². The summed E-state index contributed by atoms with van der Waals surface area (Å²) in [6.45, 7) is 0.324. The number of anilines is 1. The Morgan fingerprint density at radius 2 is 1.89 bits per heavy atom. The van der Waals surface area contributed by atoms with E-state index in [1.54, 1.807) is 61.5 Å². The molecule has 1 saturated heterocycles. The average molecular weight is 402 g/mol. The van der Waals surface area contributed by atoms with Crippen LogP contribution < -0.4 is 15.2 Å². The molecule has 1 N–H and O–H groups in total. The summed E-state index contributed by atoms with van der Waals surface area (Å²) in [5.74, 6) is 0.0557. The zero-order valence-corrected chi connectivity index (χ0v) is 16.3. The van der Waals surface area contributed by atoms with Gasteiger partial charge in [0.05, 0.1) is 12.8 Å². The maximum Gasteiger partial charge on any atom is 0.253 e. The number of hydrazine groups is 1. The summed E-state index contributed by atoms with van der Waals surface area (Å²) in [7, 11) is 3.25. The van der Waals surface area contributed by atoms with Crippen LogP contribution in [-0.2, 0) is 16.1 Å². The summed E-state index contributed by atoms with van der Waals surface area (Å²) in [4.78, 5) is 37.8. The van der Waals surface area contributed by atoms with Gasteiger partial charge in [-0.05, 0) is 42.5 Å². The van der Waals surface area contributed by atoms with Gasteiger partial charge in [0.1, 0.15) is 5.75 Å². The zero-order chi connectivity index (χ0) is 20.3. The lowest BCUT2D eigenvalue weighted by Crippen LogP contribution is -2.50. The van der Waals surface area contributed by atoms with E-state index in [4.69, 9.17) is 16.3 Å². The number of halogens is 1. The molecule has 3 rings (SSSR count). The number of nitrogens with zero attached hydrogens (tertiary/aromatic N) is 2. The minimum absolute atomic E-state index is 0.163. The molecule has 0 saturated carbocycles. The molecule has 1 heterocycles. The molecule has 0 aliphatic carbocycles. The van der Waals surface area contributed by atoms with Crippen molar-refractivity contribution in [2.45, 2.75) is 19.4 Å². The molecule has 0 atom stereocenters. The van der Waals surface area contributed by atoms with Crippen LogP contribution in [0.15, 0.2) is 42.5 Å². The zero-order valence-electron chi connectivity index (χ0n) is 15.6. The van der Waals surface area contributed by atoms with Gasteiger partial charge in [-0.15, -0.1) is 0 Å². The quantitative estimate of drug-likeness (QED) is 0.835. The molecule has 0 spiro atoms. The number of hydrogen-bond donors (Lipinski definition) is 1. The number of carbonyl (C=O) groups is 3. The van der Waals surface area contributed by atoms with E-state index >= 15 is 0 Å². The van der Waals surface area contributed by atoms with Crippen LogP contribution in [0.1, 0.15) is 28.8 Å². The number of nitrogens with one attached hydrogen (secondary N) is 1. The molecule has 0 radical (unpaired) electrons. The van der Waals surface area contributed by atoms with Crippen molar-refractivity contribution in [1.29, 1.82) is 0 Å². The molecule has 3 amide bonds. The first kappa shape index (κ1) is 19.7. The van der Waals surface area contributed by atoms with Gasteiger partial charge in [0.15, 0.2) is 0 Å². The first-order valence-corrected chi connectivity index (χ1v) is 9.07. The molecule has 1 aliphatic heterocycles. The summed E-state index contributed by atoms with van der Waals surface area (Å²) in [5.41, 5.74) is 4.29. The molecule has 0 bridgehead atoms. The van der Waals surface area contributed by atoms with Crippen molar-refractivity contribution in [2.24, 2.45) is 0 Å². The van der Waals surface area contributed by atoms with Gasteiger partial charge in [-0.2, -0.15) is 0 Å². The number of hydrogen-bond acceptors (Lipinski definition) is 4. The fourth-order valence-corrected chi connectivity index (χ4v) is 3.15. The highest BCUT2D eigenvalue weighted by Crippen LogP contribution is 2.24. The van der Waals surface area contributed by atoms with Gasteiger partial charge in [0.2, 0.25) is 11.8 Å². The molecule has 2 aromatic rings. The summed E-state index contributed by atoms with van der Waals surface area (Å²) in [6, 6.07) is 11.8. The predicted octanol–water partition coefficient (Wildman–Crippen LogP) is 2.78. The number of ether oxygens (including phenoxy) is 1. The summed E-state index contributed by atoms with van der Waals surface area (Å²) >= 11 is 6.05. The van der Waals surface area contributed by atoms with Crippen LogP contribution in [0, 0.1) is 0 Å². The smallest absolute Gasteiger partial charge is 0.253 e. The van der Waals surface area contributed by atoms with Crippen LogP contribution in [0.5, 0.6) is 5.75 Å². The highest BCUT2D eigenvalue weighted by Gasteiger charge is 2.24. The average Bonchev–Trinajstić information content (AvgIpc) is 2.69. The first-order valence-electron chi connectivity index (χ1n) is 8.69. The van der Waals surface area contributed by atoms with E-state index in [0.717, 1.165) is 5.56 Å². The molecule has 8 heteroatoms. The Labute approximate surface area is 167 Å². The van der Waals surface area contributed by atoms with Crippen molar-refractivity contribution in [2.75, 3.05) is 19.2 Å². The van der Waals surface area contributed by atoms with E-state index in [0.29, 0.717) is 28.6 Å². The van der Waals surface area contributed by atoms with E-state index in [1.807, 2.05) is 0 Å². The van der Waals surface area contributed by atoms with Gasteiger partial charge < -0.3 is 9.64 Å². The number of benzene rings is 2. The number of carbonyl (C=O) groups excluding carboxylic acids is 3. The Morgan fingerprint density at radius 1 is 1.18 bits per heavy atom. The summed E-state index contributed by atoms with van der Waals surface area (Å²) in [5, 5.41) is 1.77. The Balaban J connectivity index is 1.73. The van der Waals surface area contributed by atoms with E-state index in [1.165, 1.54) is 5.01 Å². The van der Waals surface area contributed by atoms with Gasteiger partial charge in [-0.25, -0.2) is 5.01 Å². The fraction of sp³-hybridized carbons (Fsp3) is 0.250. The lowest BCUT2D eigenvalue weighted by Gasteiger charge is -2.27. The molecule has 146 valence electrons. The standard InChI is InChI=1S/C20H20ClN3O4/c1-23(12-14-11-15(21)5-8-17(14)28-2)20(27)13-3-6-16(7-4-13)24-19(26)10-9-18(25)22-24/h3-8,11H,9-10,12H2,1-2H3,(H,22,25). The van der Waals surface area contributed by atoms with E-state index in [9.17, 15) is 14.4 Å². The fourth-order valence-electron chi connectivity index (χ4n) is 2.96. The Morgan fingerprint density at radius 3 is 2.57 bits per heavy atom. The SMILES string of the molecule is COc1ccc(Cl)cc1CN(C)C(=O)c1ccc(N2NC(=O)CCC2=O)cc1. The Hall–Kier alpha value is -3.06. The third-order valence-corrected chi connectivity index (χ3v) is 4.66. The molecule has 28 heavy (non-hydrogen) atoms. The van der Waals surface area contributed by atoms with Crippen LogP contribution >= 0.6 is 11.6 Å². The Bertz CT molecular complexity index is 914. The molecular weight excluding hydrogens is 382 g/mol. The molecule has 1 aliphatic rings. The van der Waals surface area contributed by atoms with E-state index < -0.39 is 0 Å². The number of methoxy groups -OCH3 is 1. The molecule has 0 aromatic heterocycles. The summed E-state index contributed by atoms with van der Waals surface area (Å²) in [6.07, 6.45) is 0.348. The van der Waals surface area contributed by atoms with Gasteiger partial charge >= 0.3 is 0 Å². The Kier molecular flexibility index (Phi) is 5.84. The van der Waals surface area contributed by atoms with Crippen molar-refractivity contribution in [1.82, 2.24) is 10.3 Å². The summed E-state index contributed by atoms with van der Waals surface area (Å²) < 4.78 is 5.32. The topological polar surface area (TPSA) is 79.0 Å². The van der Waals surface area contributed by atoms with Crippen LogP contribution in [-0.4, -0.2) is 36.8 Å². The van der Waals surface area contributed by atoms with Gasteiger partial charge in [0, 0.05) is 42.6 Å². The predicted molar refractivity (Wildman–Crippen MR) is 105 cm³/mol. The minimum Gasteiger partial charge on any atom is -0.496 e. The highest BCUT2D eigenvalue weighted by molar-refractivity contribution is 6.30. The normalized spacial score (nSPS) is 13.9. The van der Waals surface area contributed by atoms with E-state index in [-0.39, 0.29) is 30.6 Å². The third kappa shape index (κ3) is 4.26. The van der Waals surface area contributed by atoms with Crippen molar-refractivity contribution in [3.8, 4) is 5.75 Å². The molecular formula is C20H20ClN3O4. The van der Waals surface area contributed by atoms with Crippen LogP contribution in [0.2, 0.25) is 5.02 Å². The maximum atomic E-state index is 12.7. The lowest BCUT2D eigenvalue weighted by atomic mass is 10.1. The lowest BCUT2D eigenvalue weighted by molar-refractivity contribution is -0.130. The first-order chi connectivity index (χ1) is 13.4. The molecule has 7 nitrogen and oxygen atoms in total. The van der Waals surface area contributed by atoms with Crippen molar-refractivity contribution < 1.29 is 19.1 Å². The second-order valence-corrected chi connectivity index (χ2v) is 6.86. The van der Waals surface area contributed by atoms with Crippen LogP contribution in [0.25, 0.3) is 0 Å². The molecule has 0 unspecified atom stereocenters. The maximum absolute atomic E-state index is 12.7. The van der Waals surface area contributed by atoms with E-state index in [2.05, 4.69) is 5.43 Å².